The number of anilines is 1. The van der Waals surface area contributed by atoms with Crippen LogP contribution in [0.5, 0.6) is 0 Å². The molecule has 0 unspecified atom stereocenters. The smallest absolute Gasteiger partial charge is 0.319 e. The molecule has 2 aromatic rings. The van der Waals surface area contributed by atoms with Gasteiger partial charge in [-0.25, -0.2) is 0 Å². The molecule has 3 rings (SSSR count). The maximum Gasteiger partial charge on any atom is 0.319 e. The highest BCUT2D eigenvalue weighted by Gasteiger charge is 2.28. The molecule has 100 valence electrons. The van der Waals surface area contributed by atoms with Crippen molar-refractivity contribution < 1.29 is 13.9 Å². The Morgan fingerprint density at radius 1 is 1.53 bits per heavy atom. The molecule has 0 aliphatic carbocycles. The first-order valence-electron chi connectivity index (χ1n) is 5.74. The molecule has 1 atom stereocenters. The van der Waals surface area contributed by atoms with Gasteiger partial charge >= 0.3 is 5.97 Å². The molecule has 6 nitrogen and oxygen atoms in total. The van der Waals surface area contributed by atoms with Gasteiger partial charge in [-0.3, -0.25) is 4.79 Å². The molecule has 1 aliphatic heterocycles. The molecule has 0 spiro atoms. The van der Waals surface area contributed by atoms with Crippen LogP contribution in [0, 0.1) is 0 Å². The Hall–Kier alpha value is -1.54. The van der Waals surface area contributed by atoms with E-state index >= 15 is 0 Å². The highest BCUT2D eigenvalue weighted by molar-refractivity contribution is 8.02. The first-order chi connectivity index (χ1) is 9.31. The van der Waals surface area contributed by atoms with E-state index in [-0.39, 0.29) is 11.2 Å². The summed E-state index contributed by atoms with van der Waals surface area (Å²) < 4.78 is 10.9. The van der Waals surface area contributed by atoms with Crippen LogP contribution in [0.4, 0.5) is 5.13 Å². The molecule has 1 N–H and O–H groups in total. The lowest BCUT2D eigenvalue weighted by Gasteiger charge is -1.99. The summed E-state index contributed by atoms with van der Waals surface area (Å²) in [5.74, 6) is 0.675. The Bertz CT molecular complexity index is 555. The van der Waals surface area contributed by atoms with E-state index in [2.05, 4.69) is 15.5 Å². The van der Waals surface area contributed by atoms with Crippen LogP contribution >= 0.6 is 23.1 Å². The Kier molecular flexibility index (Phi) is 3.69. The number of furan rings is 1. The van der Waals surface area contributed by atoms with Crippen molar-refractivity contribution in [2.24, 2.45) is 0 Å². The monoisotopic (exact) mass is 297 g/mol. The number of esters is 1. The number of aromatic nitrogens is 2. The third kappa shape index (κ3) is 3.07. The van der Waals surface area contributed by atoms with E-state index in [9.17, 15) is 4.79 Å². The second-order valence-electron chi connectivity index (χ2n) is 3.87. The molecule has 1 aliphatic rings. The van der Waals surface area contributed by atoms with Gasteiger partial charge in [0, 0.05) is 6.42 Å². The topological polar surface area (TPSA) is 77.2 Å². The van der Waals surface area contributed by atoms with Gasteiger partial charge in [-0.05, 0) is 12.1 Å². The third-order valence-corrected chi connectivity index (χ3v) is 4.74. The number of ether oxygens (including phenoxy) is 1. The summed E-state index contributed by atoms with van der Waals surface area (Å²) in [6.45, 7) is 1.07. The van der Waals surface area contributed by atoms with Crippen LogP contribution < -0.4 is 5.32 Å². The SMILES string of the molecule is O=C1OCC[C@H]1Sc1nnc(NCc2ccco2)s1. The molecule has 2 aromatic heterocycles. The molecule has 1 fully saturated rings. The van der Waals surface area contributed by atoms with Crippen LogP contribution in [0.2, 0.25) is 0 Å². The molecule has 19 heavy (non-hydrogen) atoms. The maximum atomic E-state index is 11.4. The molecule has 0 amide bonds. The number of nitrogens with one attached hydrogen (secondary N) is 1. The largest absolute Gasteiger partial charge is 0.467 e. The Labute approximate surface area is 117 Å². The molecular weight excluding hydrogens is 286 g/mol. The quantitative estimate of drug-likeness (QED) is 0.847. The van der Waals surface area contributed by atoms with E-state index in [4.69, 9.17) is 9.15 Å². The Balaban J connectivity index is 1.55. The van der Waals surface area contributed by atoms with Crippen LogP contribution in [-0.2, 0) is 16.1 Å². The van der Waals surface area contributed by atoms with Crippen molar-refractivity contribution in [3.63, 3.8) is 0 Å². The van der Waals surface area contributed by atoms with Gasteiger partial charge in [0.2, 0.25) is 5.13 Å². The summed E-state index contributed by atoms with van der Waals surface area (Å²) in [7, 11) is 0. The van der Waals surface area contributed by atoms with Crippen LogP contribution in [0.15, 0.2) is 27.2 Å². The number of rotatable bonds is 5. The summed E-state index contributed by atoms with van der Waals surface area (Å²) in [5, 5.41) is 11.8. The van der Waals surface area contributed by atoms with Crippen molar-refractivity contribution in [1.82, 2.24) is 10.2 Å². The van der Waals surface area contributed by atoms with Crippen LogP contribution in [0.3, 0.4) is 0 Å². The van der Waals surface area contributed by atoms with E-state index in [0.29, 0.717) is 18.3 Å². The summed E-state index contributed by atoms with van der Waals surface area (Å²) in [6, 6.07) is 3.72. The number of nitrogens with zero attached hydrogens (tertiary/aromatic N) is 2. The second kappa shape index (κ2) is 5.62. The standard InChI is InChI=1S/C11H11N3O3S2/c15-9-8(3-5-17-9)18-11-14-13-10(19-11)12-6-7-2-1-4-16-7/h1-2,4,8H,3,5-6H2,(H,12,13)/t8-/m1/s1. The van der Waals surface area contributed by atoms with Gasteiger partial charge in [0.1, 0.15) is 11.0 Å². The van der Waals surface area contributed by atoms with E-state index in [1.165, 1.54) is 23.1 Å². The normalized spacial score (nSPS) is 18.5. The minimum atomic E-state index is -0.162. The van der Waals surface area contributed by atoms with Gasteiger partial charge < -0.3 is 14.5 Å². The van der Waals surface area contributed by atoms with E-state index in [1.807, 2.05) is 12.1 Å². The molecule has 0 bridgehead atoms. The zero-order valence-corrected chi connectivity index (χ0v) is 11.5. The minimum Gasteiger partial charge on any atom is -0.467 e. The predicted octanol–water partition coefficient (Wildman–Crippen LogP) is 2.15. The number of cyclic esters (lactones) is 1. The Morgan fingerprint density at radius 2 is 2.47 bits per heavy atom. The van der Waals surface area contributed by atoms with Gasteiger partial charge in [0.05, 0.1) is 19.4 Å². The molecule has 0 aromatic carbocycles. The van der Waals surface area contributed by atoms with Crippen molar-refractivity contribution >= 4 is 34.2 Å². The molecule has 0 saturated carbocycles. The maximum absolute atomic E-state index is 11.4. The lowest BCUT2D eigenvalue weighted by molar-refractivity contribution is -0.137. The van der Waals surface area contributed by atoms with Crippen molar-refractivity contribution in [1.29, 1.82) is 0 Å². The molecule has 3 heterocycles. The summed E-state index contributed by atoms with van der Waals surface area (Å²) in [5.41, 5.74) is 0. The summed E-state index contributed by atoms with van der Waals surface area (Å²) in [6.07, 6.45) is 2.36. The fourth-order valence-corrected chi connectivity index (χ4v) is 3.57. The van der Waals surface area contributed by atoms with Gasteiger partial charge in [0.25, 0.3) is 0 Å². The van der Waals surface area contributed by atoms with Gasteiger partial charge in [-0.1, -0.05) is 23.1 Å². The number of carbonyl (C=O) groups excluding carboxylic acids is 1. The average Bonchev–Trinajstić information content (AvgIpc) is 3.12. The van der Waals surface area contributed by atoms with E-state index in [1.54, 1.807) is 6.26 Å². The number of hydrogen-bond acceptors (Lipinski definition) is 8. The van der Waals surface area contributed by atoms with Crippen molar-refractivity contribution in [2.75, 3.05) is 11.9 Å². The first-order valence-corrected chi connectivity index (χ1v) is 7.44. The highest BCUT2D eigenvalue weighted by atomic mass is 32.2. The summed E-state index contributed by atoms with van der Waals surface area (Å²) >= 11 is 2.83. The lowest BCUT2D eigenvalue weighted by Crippen LogP contribution is -2.08. The predicted molar refractivity (Wildman–Crippen MR) is 71.2 cm³/mol. The second-order valence-corrected chi connectivity index (χ2v) is 6.30. The van der Waals surface area contributed by atoms with Gasteiger partial charge in [-0.15, -0.1) is 10.2 Å². The number of carbonyl (C=O) groups is 1. The van der Waals surface area contributed by atoms with Crippen LogP contribution in [0.1, 0.15) is 12.2 Å². The summed E-state index contributed by atoms with van der Waals surface area (Å²) in [4.78, 5) is 11.4. The third-order valence-electron chi connectivity index (χ3n) is 2.53. The fourth-order valence-electron chi connectivity index (χ4n) is 1.61. The fraction of sp³-hybridized carbons (Fsp3) is 0.364. The average molecular weight is 297 g/mol. The highest BCUT2D eigenvalue weighted by Crippen LogP contribution is 2.33. The number of hydrogen-bond donors (Lipinski definition) is 1. The van der Waals surface area contributed by atoms with Crippen LogP contribution in [0.25, 0.3) is 0 Å². The molecule has 0 radical (unpaired) electrons. The molecule has 8 heteroatoms. The van der Waals surface area contributed by atoms with Crippen molar-refractivity contribution in [3.05, 3.63) is 24.2 Å². The van der Waals surface area contributed by atoms with Crippen molar-refractivity contribution in [3.8, 4) is 0 Å². The van der Waals surface area contributed by atoms with Gasteiger partial charge in [-0.2, -0.15) is 0 Å². The van der Waals surface area contributed by atoms with Crippen LogP contribution in [-0.4, -0.2) is 28.0 Å². The zero-order chi connectivity index (χ0) is 13.1. The first kappa shape index (κ1) is 12.5. The molecule has 1 saturated heterocycles. The minimum absolute atomic E-state index is 0.147. The molecular formula is C11H11N3O3S2. The van der Waals surface area contributed by atoms with E-state index < -0.39 is 0 Å². The lowest BCUT2D eigenvalue weighted by atomic mass is 10.4. The van der Waals surface area contributed by atoms with Gasteiger partial charge in [0.15, 0.2) is 4.34 Å². The Morgan fingerprint density at radius 3 is 3.21 bits per heavy atom. The zero-order valence-electron chi connectivity index (χ0n) is 9.87. The van der Waals surface area contributed by atoms with E-state index in [0.717, 1.165) is 16.5 Å². The number of thioether (sulfide) groups is 1. The van der Waals surface area contributed by atoms with Crippen molar-refractivity contribution in [2.45, 2.75) is 22.6 Å².